The minimum Gasteiger partial charge on any atom is -0.465 e. The Morgan fingerprint density at radius 2 is 2.28 bits per heavy atom. The molecule has 1 atom stereocenters. The number of esters is 1. The number of unbranched alkanes of at least 4 members (excludes halogenated alkanes) is 1. The molecule has 106 valence electrons. The first kappa shape index (κ1) is 15.4. The molecule has 0 amide bonds. The van der Waals surface area contributed by atoms with Crippen molar-refractivity contribution in [1.29, 1.82) is 0 Å². The van der Waals surface area contributed by atoms with Gasteiger partial charge in [-0.3, -0.25) is 9.69 Å². The van der Waals surface area contributed by atoms with E-state index in [1.54, 1.807) is 0 Å². The van der Waals surface area contributed by atoms with Crippen molar-refractivity contribution in [2.45, 2.75) is 39.5 Å². The van der Waals surface area contributed by atoms with E-state index in [2.05, 4.69) is 24.1 Å². The number of carbonyl (C=O) groups excluding carboxylic acids is 1. The largest absolute Gasteiger partial charge is 0.465 e. The fourth-order valence-corrected chi connectivity index (χ4v) is 2.31. The molecule has 1 rings (SSSR count). The maximum absolute atomic E-state index is 11.6. The van der Waals surface area contributed by atoms with Crippen LogP contribution in [0.4, 0.5) is 0 Å². The van der Waals surface area contributed by atoms with Gasteiger partial charge in [0.1, 0.15) is 0 Å². The van der Waals surface area contributed by atoms with Gasteiger partial charge in [-0.1, -0.05) is 20.3 Å². The summed E-state index contributed by atoms with van der Waals surface area (Å²) in [6, 6.07) is 0. The van der Waals surface area contributed by atoms with Crippen LogP contribution in [0, 0.1) is 5.92 Å². The summed E-state index contributed by atoms with van der Waals surface area (Å²) in [7, 11) is 0. The lowest BCUT2D eigenvalue weighted by Crippen LogP contribution is -2.40. The van der Waals surface area contributed by atoms with Crippen molar-refractivity contribution in [3.8, 4) is 0 Å². The minimum atomic E-state index is -0.0749. The van der Waals surface area contributed by atoms with E-state index < -0.39 is 0 Å². The van der Waals surface area contributed by atoms with Gasteiger partial charge >= 0.3 is 5.97 Å². The van der Waals surface area contributed by atoms with Crippen LogP contribution in [0.2, 0.25) is 0 Å². The molecule has 4 nitrogen and oxygen atoms in total. The fraction of sp³-hybridized carbons (Fsp3) is 0.929. The zero-order valence-corrected chi connectivity index (χ0v) is 11.9. The molecule has 0 aromatic carbocycles. The van der Waals surface area contributed by atoms with Gasteiger partial charge in [-0.05, 0) is 44.8 Å². The minimum absolute atomic E-state index is 0.0749. The van der Waals surface area contributed by atoms with Crippen LogP contribution in [0.15, 0.2) is 0 Å². The lowest BCUT2D eigenvalue weighted by atomic mass is 9.99. The molecule has 1 saturated heterocycles. The predicted molar refractivity (Wildman–Crippen MR) is 73.6 cm³/mol. The van der Waals surface area contributed by atoms with Gasteiger partial charge in [0, 0.05) is 6.54 Å². The van der Waals surface area contributed by atoms with Crippen molar-refractivity contribution in [1.82, 2.24) is 10.2 Å². The number of ether oxygens (including phenoxy) is 1. The molecule has 1 aliphatic heterocycles. The molecule has 1 fully saturated rings. The highest BCUT2D eigenvalue weighted by Gasteiger charge is 2.18. The Labute approximate surface area is 111 Å². The molecule has 0 saturated carbocycles. The summed E-state index contributed by atoms with van der Waals surface area (Å²) in [6.45, 7) is 9.36. The van der Waals surface area contributed by atoms with Gasteiger partial charge < -0.3 is 10.1 Å². The lowest BCUT2D eigenvalue weighted by molar-refractivity contribution is -0.145. The molecular weight excluding hydrogens is 228 g/mol. The smallest absolute Gasteiger partial charge is 0.320 e. The molecule has 0 aliphatic carbocycles. The van der Waals surface area contributed by atoms with E-state index in [1.165, 1.54) is 12.8 Å². The van der Waals surface area contributed by atoms with E-state index in [4.69, 9.17) is 4.74 Å². The Morgan fingerprint density at radius 3 is 2.89 bits per heavy atom. The monoisotopic (exact) mass is 256 g/mol. The molecule has 0 spiro atoms. The second-order valence-electron chi connectivity index (χ2n) is 5.11. The molecule has 18 heavy (non-hydrogen) atoms. The van der Waals surface area contributed by atoms with Crippen LogP contribution in [0.1, 0.15) is 39.5 Å². The van der Waals surface area contributed by atoms with Crippen LogP contribution in [-0.2, 0) is 9.53 Å². The number of carbonyl (C=O) groups is 1. The standard InChI is InChI=1S/C14H28N2O2/c1-3-5-9-18-14(17)12-16(4-2)11-13-7-6-8-15-10-13/h13,15H,3-12H2,1-2H3. The second-order valence-corrected chi connectivity index (χ2v) is 5.11. The average Bonchev–Trinajstić information content (AvgIpc) is 2.39. The average molecular weight is 256 g/mol. The Hall–Kier alpha value is -0.610. The second kappa shape index (κ2) is 9.34. The topological polar surface area (TPSA) is 41.6 Å². The van der Waals surface area contributed by atoms with Crippen molar-refractivity contribution >= 4 is 5.97 Å². The Bertz CT molecular complexity index is 228. The highest BCUT2D eigenvalue weighted by molar-refractivity contribution is 5.71. The first-order chi connectivity index (χ1) is 8.76. The van der Waals surface area contributed by atoms with Crippen LogP contribution in [0.25, 0.3) is 0 Å². The van der Waals surface area contributed by atoms with Gasteiger partial charge in [-0.2, -0.15) is 0 Å². The van der Waals surface area contributed by atoms with Gasteiger partial charge in [0.25, 0.3) is 0 Å². The van der Waals surface area contributed by atoms with Crippen LogP contribution < -0.4 is 5.32 Å². The van der Waals surface area contributed by atoms with Crippen molar-refractivity contribution in [3.63, 3.8) is 0 Å². The summed E-state index contributed by atoms with van der Waals surface area (Å²) in [5.41, 5.74) is 0. The fourth-order valence-electron chi connectivity index (χ4n) is 2.31. The third-order valence-electron chi connectivity index (χ3n) is 3.48. The quantitative estimate of drug-likeness (QED) is 0.530. The highest BCUT2D eigenvalue weighted by atomic mass is 16.5. The first-order valence-electron chi connectivity index (χ1n) is 7.35. The molecule has 0 aromatic heterocycles. The predicted octanol–water partition coefficient (Wildman–Crippen LogP) is 1.65. The van der Waals surface area contributed by atoms with Gasteiger partial charge in [-0.15, -0.1) is 0 Å². The van der Waals surface area contributed by atoms with Crippen molar-refractivity contribution < 1.29 is 9.53 Å². The zero-order chi connectivity index (χ0) is 13.2. The number of hydrogen-bond donors (Lipinski definition) is 1. The van der Waals surface area contributed by atoms with E-state index in [-0.39, 0.29) is 5.97 Å². The van der Waals surface area contributed by atoms with Crippen LogP contribution >= 0.6 is 0 Å². The molecule has 1 N–H and O–H groups in total. The number of nitrogens with zero attached hydrogens (tertiary/aromatic N) is 1. The molecule has 1 heterocycles. The number of likely N-dealkylation sites (N-methyl/N-ethyl adjacent to an activating group) is 1. The van der Waals surface area contributed by atoms with Crippen molar-refractivity contribution in [2.24, 2.45) is 5.92 Å². The van der Waals surface area contributed by atoms with Crippen LogP contribution in [0.3, 0.4) is 0 Å². The number of hydrogen-bond acceptors (Lipinski definition) is 4. The normalized spacial score (nSPS) is 20.1. The number of piperidine rings is 1. The van der Waals surface area contributed by atoms with E-state index in [0.29, 0.717) is 19.1 Å². The third-order valence-corrected chi connectivity index (χ3v) is 3.48. The van der Waals surface area contributed by atoms with E-state index in [9.17, 15) is 4.79 Å². The summed E-state index contributed by atoms with van der Waals surface area (Å²) in [6.07, 6.45) is 4.56. The summed E-state index contributed by atoms with van der Waals surface area (Å²) in [5.74, 6) is 0.608. The maximum atomic E-state index is 11.6. The lowest BCUT2D eigenvalue weighted by Gasteiger charge is -2.28. The summed E-state index contributed by atoms with van der Waals surface area (Å²) < 4.78 is 5.21. The molecule has 1 unspecified atom stereocenters. The van der Waals surface area contributed by atoms with E-state index in [0.717, 1.165) is 39.0 Å². The van der Waals surface area contributed by atoms with Gasteiger partial charge in [0.2, 0.25) is 0 Å². The molecular formula is C14H28N2O2. The number of rotatable bonds is 8. The SMILES string of the molecule is CCCCOC(=O)CN(CC)CC1CCCNC1. The third kappa shape index (κ3) is 6.36. The molecule has 0 aromatic rings. The molecule has 4 heteroatoms. The van der Waals surface area contributed by atoms with Crippen molar-refractivity contribution in [2.75, 3.05) is 39.3 Å². The van der Waals surface area contributed by atoms with Crippen LogP contribution in [0.5, 0.6) is 0 Å². The molecule has 0 bridgehead atoms. The zero-order valence-electron chi connectivity index (χ0n) is 11.9. The molecule has 1 aliphatic rings. The summed E-state index contributed by atoms with van der Waals surface area (Å²) in [4.78, 5) is 13.8. The van der Waals surface area contributed by atoms with E-state index in [1.807, 2.05) is 0 Å². The summed E-state index contributed by atoms with van der Waals surface area (Å²) in [5, 5.41) is 3.42. The van der Waals surface area contributed by atoms with Crippen molar-refractivity contribution in [3.05, 3.63) is 0 Å². The Morgan fingerprint density at radius 1 is 1.44 bits per heavy atom. The van der Waals surface area contributed by atoms with Gasteiger partial charge in [0.05, 0.1) is 13.2 Å². The maximum Gasteiger partial charge on any atom is 0.320 e. The number of nitrogens with one attached hydrogen (secondary N) is 1. The van der Waals surface area contributed by atoms with Gasteiger partial charge in [-0.25, -0.2) is 0 Å². The Balaban J connectivity index is 2.20. The van der Waals surface area contributed by atoms with Gasteiger partial charge in [0.15, 0.2) is 0 Å². The summed E-state index contributed by atoms with van der Waals surface area (Å²) >= 11 is 0. The van der Waals surface area contributed by atoms with Crippen LogP contribution in [-0.4, -0.2) is 50.2 Å². The highest BCUT2D eigenvalue weighted by Crippen LogP contribution is 2.11. The molecule has 0 radical (unpaired) electrons. The Kier molecular flexibility index (Phi) is 8.01. The van der Waals surface area contributed by atoms with E-state index >= 15 is 0 Å². The first-order valence-corrected chi connectivity index (χ1v) is 7.35.